The van der Waals surface area contributed by atoms with E-state index in [1.165, 1.54) is 0 Å². The summed E-state index contributed by atoms with van der Waals surface area (Å²) in [4.78, 5) is 13.9. The van der Waals surface area contributed by atoms with Gasteiger partial charge in [-0.25, -0.2) is 0 Å². The maximum Gasteiger partial charge on any atom is 0.237 e. The number of nitrogens with one attached hydrogen (secondary N) is 1. The first-order valence-electron chi connectivity index (χ1n) is 6.26. The van der Waals surface area contributed by atoms with Crippen molar-refractivity contribution in [3.05, 3.63) is 0 Å². The van der Waals surface area contributed by atoms with Crippen molar-refractivity contribution >= 4 is 5.91 Å². The molecule has 3 nitrogen and oxygen atoms in total. The number of unbranched alkanes of at least 4 members (excludes halogenated alkanes) is 1. The number of carbonyl (C=O) groups is 1. The summed E-state index contributed by atoms with van der Waals surface area (Å²) in [7, 11) is 2.01. The molecule has 1 atom stereocenters. The molecule has 1 N–H and O–H groups in total. The lowest BCUT2D eigenvalue weighted by Crippen LogP contribution is -2.46. The zero-order chi connectivity index (χ0) is 12.8. The Kier molecular flexibility index (Phi) is 6.65. The maximum absolute atomic E-state index is 11.8. The molecule has 96 valence electrons. The van der Waals surface area contributed by atoms with Crippen molar-refractivity contribution in [2.24, 2.45) is 5.41 Å². The van der Waals surface area contributed by atoms with Gasteiger partial charge in [-0.15, -0.1) is 0 Å². The molecule has 1 unspecified atom stereocenters. The van der Waals surface area contributed by atoms with Crippen molar-refractivity contribution in [1.29, 1.82) is 0 Å². The summed E-state index contributed by atoms with van der Waals surface area (Å²) in [5.74, 6) is 0.139. The Balaban J connectivity index is 4.01. The van der Waals surface area contributed by atoms with Crippen LogP contribution in [0.2, 0.25) is 0 Å². The Morgan fingerprint density at radius 2 is 1.94 bits per heavy atom. The average molecular weight is 228 g/mol. The van der Waals surface area contributed by atoms with Crippen LogP contribution in [0, 0.1) is 5.41 Å². The normalized spacial score (nSPS) is 13.9. The fourth-order valence-corrected chi connectivity index (χ4v) is 1.62. The highest BCUT2D eigenvalue weighted by Gasteiger charge is 2.21. The number of hydrogen-bond donors (Lipinski definition) is 1. The standard InChI is InChI=1S/C13H28N2O/c1-7-8-9-14-12(16)11(2)15(6)10-13(3,4)5/h11H,7-10H2,1-6H3,(H,14,16). The van der Waals surface area contributed by atoms with Gasteiger partial charge in [0.15, 0.2) is 0 Å². The monoisotopic (exact) mass is 228 g/mol. The number of carbonyl (C=O) groups excluding carboxylic acids is 1. The molecule has 3 heteroatoms. The maximum atomic E-state index is 11.8. The Labute approximate surface area is 101 Å². The molecule has 0 saturated carbocycles. The van der Waals surface area contributed by atoms with E-state index in [4.69, 9.17) is 0 Å². The predicted molar refractivity (Wildman–Crippen MR) is 69.5 cm³/mol. The number of hydrogen-bond acceptors (Lipinski definition) is 2. The van der Waals surface area contributed by atoms with E-state index < -0.39 is 0 Å². The van der Waals surface area contributed by atoms with Crippen LogP contribution in [-0.2, 0) is 4.79 Å². The first-order chi connectivity index (χ1) is 7.28. The lowest BCUT2D eigenvalue weighted by Gasteiger charge is -2.30. The van der Waals surface area contributed by atoms with Gasteiger partial charge in [0.2, 0.25) is 5.91 Å². The summed E-state index contributed by atoms with van der Waals surface area (Å²) < 4.78 is 0. The SMILES string of the molecule is CCCCNC(=O)C(C)N(C)CC(C)(C)C. The van der Waals surface area contributed by atoms with Gasteiger partial charge in [-0.3, -0.25) is 9.69 Å². The first kappa shape index (κ1) is 15.4. The quantitative estimate of drug-likeness (QED) is 0.707. The molecular weight excluding hydrogens is 200 g/mol. The Morgan fingerprint density at radius 3 is 2.38 bits per heavy atom. The van der Waals surface area contributed by atoms with Gasteiger partial charge in [0.1, 0.15) is 0 Å². The van der Waals surface area contributed by atoms with E-state index >= 15 is 0 Å². The van der Waals surface area contributed by atoms with Gasteiger partial charge in [-0.1, -0.05) is 34.1 Å². The number of nitrogens with zero attached hydrogens (tertiary/aromatic N) is 1. The molecule has 0 aromatic heterocycles. The second-order valence-corrected chi connectivity index (χ2v) is 5.80. The molecule has 16 heavy (non-hydrogen) atoms. The van der Waals surface area contributed by atoms with E-state index in [0.29, 0.717) is 0 Å². The van der Waals surface area contributed by atoms with E-state index in [9.17, 15) is 4.79 Å². The summed E-state index contributed by atoms with van der Waals surface area (Å²) in [6.45, 7) is 12.4. The zero-order valence-electron chi connectivity index (χ0n) is 11.8. The van der Waals surface area contributed by atoms with Crippen molar-refractivity contribution in [1.82, 2.24) is 10.2 Å². The van der Waals surface area contributed by atoms with Crippen LogP contribution in [0.3, 0.4) is 0 Å². The minimum atomic E-state index is -0.0453. The molecule has 1 amide bonds. The average Bonchev–Trinajstić information content (AvgIpc) is 2.14. The molecule has 0 spiro atoms. The fourth-order valence-electron chi connectivity index (χ4n) is 1.62. The minimum absolute atomic E-state index is 0.0453. The molecule has 0 rings (SSSR count). The third-order valence-electron chi connectivity index (χ3n) is 2.59. The third kappa shape index (κ3) is 6.83. The number of likely N-dealkylation sites (N-methyl/N-ethyl adjacent to an activating group) is 1. The van der Waals surface area contributed by atoms with Gasteiger partial charge < -0.3 is 5.32 Å². The van der Waals surface area contributed by atoms with Gasteiger partial charge in [-0.2, -0.15) is 0 Å². The fraction of sp³-hybridized carbons (Fsp3) is 0.923. The molecule has 0 aliphatic carbocycles. The van der Waals surface area contributed by atoms with Gasteiger partial charge in [0.25, 0.3) is 0 Å². The Morgan fingerprint density at radius 1 is 1.38 bits per heavy atom. The van der Waals surface area contributed by atoms with Crippen LogP contribution in [0.1, 0.15) is 47.5 Å². The summed E-state index contributed by atoms with van der Waals surface area (Å²) in [5, 5.41) is 2.97. The summed E-state index contributed by atoms with van der Waals surface area (Å²) in [6, 6.07) is -0.0453. The van der Waals surface area contributed by atoms with E-state index in [1.807, 2.05) is 14.0 Å². The van der Waals surface area contributed by atoms with Crippen molar-refractivity contribution < 1.29 is 4.79 Å². The van der Waals surface area contributed by atoms with Gasteiger partial charge in [-0.05, 0) is 25.8 Å². The molecule has 0 aliphatic heterocycles. The van der Waals surface area contributed by atoms with Crippen LogP contribution in [0.4, 0.5) is 0 Å². The molecule has 0 aliphatic rings. The predicted octanol–water partition coefficient (Wildman–Crippen LogP) is 2.27. The zero-order valence-corrected chi connectivity index (χ0v) is 11.8. The second kappa shape index (κ2) is 6.89. The molecular formula is C13H28N2O. The lowest BCUT2D eigenvalue weighted by atomic mass is 9.95. The molecule has 0 heterocycles. The summed E-state index contributed by atoms with van der Waals surface area (Å²) in [6.07, 6.45) is 2.17. The van der Waals surface area contributed by atoms with E-state index in [2.05, 4.69) is 37.9 Å². The number of amides is 1. The largest absolute Gasteiger partial charge is 0.355 e. The van der Waals surface area contributed by atoms with Gasteiger partial charge in [0, 0.05) is 13.1 Å². The molecule has 0 saturated heterocycles. The van der Waals surface area contributed by atoms with Crippen LogP contribution in [-0.4, -0.2) is 37.0 Å². The summed E-state index contributed by atoms with van der Waals surface area (Å²) in [5.41, 5.74) is 0.229. The number of rotatable bonds is 6. The van der Waals surface area contributed by atoms with Crippen LogP contribution >= 0.6 is 0 Å². The van der Waals surface area contributed by atoms with Crippen molar-refractivity contribution in [3.8, 4) is 0 Å². The topological polar surface area (TPSA) is 32.3 Å². The summed E-state index contributed by atoms with van der Waals surface area (Å²) >= 11 is 0. The van der Waals surface area contributed by atoms with Crippen LogP contribution in [0.5, 0.6) is 0 Å². The second-order valence-electron chi connectivity index (χ2n) is 5.80. The van der Waals surface area contributed by atoms with E-state index in [-0.39, 0.29) is 17.4 Å². The van der Waals surface area contributed by atoms with Gasteiger partial charge in [0.05, 0.1) is 6.04 Å². The van der Waals surface area contributed by atoms with Crippen molar-refractivity contribution in [2.75, 3.05) is 20.1 Å². The highest BCUT2D eigenvalue weighted by atomic mass is 16.2. The minimum Gasteiger partial charge on any atom is -0.355 e. The molecule has 0 bridgehead atoms. The van der Waals surface area contributed by atoms with Crippen LogP contribution in [0.25, 0.3) is 0 Å². The Bertz CT molecular complexity index is 208. The molecule has 0 aromatic rings. The van der Waals surface area contributed by atoms with E-state index in [0.717, 1.165) is 25.9 Å². The third-order valence-corrected chi connectivity index (χ3v) is 2.59. The highest BCUT2D eigenvalue weighted by Crippen LogP contribution is 2.15. The molecule has 0 aromatic carbocycles. The van der Waals surface area contributed by atoms with E-state index in [1.54, 1.807) is 0 Å². The molecule has 0 fully saturated rings. The molecule has 0 radical (unpaired) electrons. The van der Waals surface area contributed by atoms with Gasteiger partial charge >= 0.3 is 0 Å². The first-order valence-corrected chi connectivity index (χ1v) is 6.26. The van der Waals surface area contributed by atoms with Crippen molar-refractivity contribution in [2.45, 2.75) is 53.5 Å². The smallest absolute Gasteiger partial charge is 0.237 e. The Hall–Kier alpha value is -0.570. The van der Waals surface area contributed by atoms with Crippen LogP contribution < -0.4 is 5.32 Å². The van der Waals surface area contributed by atoms with Crippen molar-refractivity contribution in [3.63, 3.8) is 0 Å². The highest BCUT2D eigenvalue weighted by molar-refractivity contribution is 5.81. The lowest BCUT2D eigenvalue weighted by molar-refractivity contribution is -0.125. The van der Waals surface area contributed by atoms with Crippen LogP contribution in [0.15, 0.2) is 0 Å².